The van der Waals surface area contributed by atoms with Gasteiger partial charge in [0, 0.05) is 6.61 Å². The van der Waals surface area contributed by atoms with Gasteiger partial charge in [0.1, 0.15) is 0 Å². The van der Waals surface area contributed by atoms with Crippen molar-refractivity contribution in [2.24, 2.45) is 0 Å². The Bertz CT molecular complexity index is 139. The van der Waals surface area contributed by atoms with Gasteiger partial charge in [-0.1, -0.05) is 11.6 Å². The molecule has 1 radical (unpaired) electrons. The molecule has 0 N–H and O–H groups in total. The van der Waals surface area contributed by atoms with E-state index in [0.717, 1.165) is 13.0 Å². The molecular weight excluding hydrogens is 148 g/mol. The first-order valence-electron chi connectivity index (χ1n) is 4.87. The van der Waals surface area contributed by atoms with E-state index in [1.165, 1.54) is 24.8 Å². The lowest BCUT2D eigenvalue weighted by Crippen LogP contribution is -2.04. The third-order valence-corrected chi connectivity index (χ3v) is 2.11. The normalized spacial score (nSPS) is 22.7. The van der Waals surface area contributed by atoms with Gasteiger partial charge in [-0.15, -0.1) is 0 Å². The zero-order valence-electron chi connectivity index (χ0n) is 8.18. The third kappa shape index (κ3) is 3.91. The van der Waals surface area contributed by atoms with E-state index in [1.807, 2.05) is 0 Å². The molecule has 0 amide bonds. The van der Waals surface area contributed by atoms with Crippen LogP contribution in [0, 0.1) is 6.42 Å². The second-order valence-electron chi connectivity index (χ2n) is 3.65. The standard InChI is InChI=1S/C11H19O/c1-10(2)6-3-4-7-11-8-5-9-12-11/h6-7,11H,3-5,8-9H2,1-2H3/t11-/m0/s1. The molecule has 1 atom stereocenters. The van der Waals surface area contributed by atoms with E-state index in [2.05, 4.69) is 26.3 Å². The van der Waals surface area contributed by atoms with Crippen LogP contribution in [0.5, 0.6) is 0 Å². The van der Waals surface area contributed by atoms with Crippen LogP contribution in [-0.2, 0) is 4.74 Å². The fourth-order valence-electron chi connectivity index (χ4n) is 1.44. The molecule has 0 aromatic heterocycles. The lowest BCUT2D eigenvalue weighted by Gasteiger charge is -2.06. The van der Waals surface area contributed by atoms with E-state index >= 15 is 0 Å². The molecule has 69 valence electrons. The molecule has 0 aromatic rings. The summed E-state index contributed by atoms with van der Waals surface area (Å²) in [6.07, 6.45) is 9.85. The molecule has 1 heterocycles. The van der Waals surface area contributed by atoms with Gasteiger partial charge >= 0.3 is 0 Å². The molecule has 1 aliphatic rings. The van der Waals surface area contributed by atoms with Crippen LogP contribution in [0.4, 0.5) is 0 Å². The molecule has 1 rings (SSSR count). The fraction of sp³-hybridized carbons (Fsp3) is 0.727. The largest absolute Gasteiger partial charge is 0.378 e. The smallest absolute Gasteiger partial charge is 0.0607 e. The van der Waals surface area contributed by atoms with Crippen molar-refractivity contribution < 1.29 is 4.74 Å². The monoisotopic (exact) mass is 167 g/mol. The van der Waals surface area contributed by atoms with Crippen molar-refractivity contribution in [1.82, 2.24) is 0 Å². The van der Waals surface area contributed by atoms with Gasteiger partial charge in [0.25, 0.3) is 0 Å². The molecule has 1 aliphatic heterocycles. The second kappa shape index (κ2) is 5.36. The summed E-state index contributed by atoms with van der Waals surface area (Å²) in [5.41, 5.74) is 1.41. The molecule has 12 heavy (non-hydrogen) atoms. The highest BCUT2D eigenvalue weighted by molar-refractivity contribution is 4.94. The van der Waals surface area contributed by atoms with Crippen molar-refractivity contribution >= 4 is 0 Å². The summed E-state index contributed by atoms with van der Waals surface area (Å²) >= 11 is 0. The number of allylic oxidation sites excluding steroid dienone is 2. The Morgan fingerprint density at radius 3 is 2.83 bits per heavy atom. The Morgan fingerprint density at radius 2 is 2.25 bits per heavy atom. The van der Waals surface area contributed by atoms with Crippen molar-refractivity contribution in [3.8, 4) is 0 Å². The van der Waals surface area contributed by atoms with Gasteiger partial charge in [0.05, 0.1) is 6.10 Å². The van der Waals surface area contributed by atoms with Crippen LogP contribution < -0.4 is 0 Å². The van der Waals surface area contributed by atoms with Crippen molar-refractivity contribution in [2.75, 3.05) is 6.61 Å². The molecule has 0 spiro atoms. The van der Waals surface area contributed by atoms with Crippen LogP contribution in [0.15, 0.2) is 11.6 Å². The van der Waals surface area contributed by atoms with E-state index in [0.29, 0.717) is 6.10 Å². The van der Waals surface area contributed by atoms with Crippen LogP contribution in [0.2, 0.25) is 0 Å². The summed E-state index contributed by atoms with van der Waals surface area (Å²) in [5, 5.41) is 0. The Hall–Kier alpha value is -0.300. The van der Waals surface area contributed by atoms with Gasteiger partial charge in [-0.3, -0.25) is 0 Å². The Kier molecular flexibility index (Phi) is 4.37. The maximum atomic E-state index is 5.48. The molecule has 1 nitrogen and oxygen atoms in total. The quantitative estimate of drug-likeness (QED) is 0.462. The number of unbranched alkanes of at least 4 members (excludes halogenated alkanes) is 1. The Labute approximate surface area is 75.8 Å². The van der Waals surface area contributed by atoms with Crippen LogP contribution in [0.25, 0.3) is 0 Å². The third-order valence-electron chi connectivity index (χ3n) is 2.11. The lowest BCUT2D eigenvalue weighted by atomic mass is 10.1. The first kappa shape index (κ1) is 9.79. The van der Waals surface area contributed by atoms with Crippen LogP contribution in [-0.4, -0.2) is 12.7 Å². The molecular formula is C11H19O. The first-order chi connectivity index (χ1) is 5.79. The van der Waals surface area contributed by atoms with Gasteiger partial charge in [-0.05, 0) is 46.0 Å². The minimum absolute atomic E-state index is 0.454. The van der Waals surface area contributed by atoms with Gasteiger partial charge < -0.3 is 4.74 Å². The zero-order valence-corrected chi connectivity index (χ0v) is 8.18. The summed E-state index contributed by atoms with van der Waals surface area (Å²) in [5.74, 6) is 0. The van der Waals surface area contributed by atoms with Gasteiger partial charge in [0.2, 0.25) is 0 Å². The van der Waals surface area contributed by atoms with Crippen LogP contribution in [0.1, 0.15) is 39.5 Å². The van der Waals surface area contributed by atoms with E-state index in [-0.39, 0.29) is 0 Å². The zero-order chi connectivity index (χ0) is 8.81. The van der Waals surface area contributed by atoms with E-state index in [4.69, 9.17) is 4.74 Å². The second-order valence-corrected chi connectivity index (χ2v) is 3.65. The summed E-state index contributed by atoms with van der Waals surface area (Å²) < 4.78 is 5.48. The van der Waals surface area contributed by atoms with E-state index in [9.17, 15) is 0 Å². The topological polar surface area (TPSA) is 9.23 Å². The van der Waals surface area contributed by atoms with Gasteiger partial charge in [0.15, 0.2) is 0 Å². The molecule has 0 unspecified atom stereocenters. The highest BCUT2D eigenvalue weighted by atomic mass is 16.5. The minimum Gasteiger partial charge on any atom is -0.378 e. The number of rotatable bonds is 4. The van der Waals surface area contributed by atoms with Crippen LogP contribution >= 0.6 is 0 Å². The SMILES string of the molecule is CC(C)=CCC[CH][C@H]1CCCO1. The predicted octanol–water partition coefficient (Wildman–Crippen LogP) is 3.12. The summed E-state index contributed by atoms with van der Waals surface area (Å²) in [6.45, 7) is 5.25. The molecule has 1 heteroatoms. The number of hydrogen-bond acceptors (Lipinski definition) is 1. The Balaban J connectivity index is 1.98. The van der Waals surface area contributed by atoms with Crippen LogP contribution in [0.3, 0.4) is 0 Å². The Morgan fingerprint density at radius 1 is 1.42 bits per heavy atom. The lowest BCUT2D eigenvalue weighted by molar-refractivity contribution is 0.132. The summed E-state index contributed by atoms with van der Waals surface area (Å²) in [6, 6.07) is 0. The van der Waals surface area contributed by atoms with Crippen molar-refractivity contribution in [3.63, 3.8) is 0 Å². The molecule has 1 saturated heterocycles. The van der Waals surface area contributed by atoms with Crippen molar-refractivity contribution in [2.45, 2.75) is 45.6 Å². The molecule has 0 saturated carbocycles. The van der Waals surface area contributed by atoms with Gasteiger partial charge in [-0.25, -0.2) is 0 Å². The minimum atomic E-state index is 0.454. The summed E-state index contributed by atoms with van der Waals surface area (Å²) in [7, 11) is 0. The molecule has 0 aromatic carbocycles. The number of hydrogen-bond donors (Lipinski definition) is 0. The van der Waals surface area contributed by atoms with E-state index < -0.39 is 0 Å². The molecule has 1 fully saturated rings. The van der Waals surface area contributed by atoms with Gasteiger partial charge in [-0.2, -0.15) is 0 Å². The number of ether oxygens (including phenoxy) is 1. The first-order valence-corrected chi connectivity index (χ1v) is 4.87. The fourth-order valence-corrected chi connectivity index (χ4v) is 1.44. The average Bonchev–Trinajstić information content (AvgIpc) is 2.49. The highest BCUT2D eigenvalue weighted by Gasteiger charge is 2.14. The predicted molar refractivity (Wildman–Crippen MR) is 51.9 cm³/mol. The van der Waals surface area contributed by atoms with Crippen molar-refractivity contribution in [1.29, 1.82) is 0 Å². The molecule has 0 aliphatic carbocycles. The maximum Gasteiger partial charge on any atom is 0.0607 e. The highest BCUT2D eigenvalue weighted by Crippen LogP contribution is 2.16. The van der Waals surface area contributed by atoms with E-state index in [1.54, 1.807) is 0 Å². The van der Waals surface area contributed by atoms with Crippen molar-refractivity contribution in [3.05, 3.63) is 18.1 Å². The maximum absolute atomic E-state index is 5.48. The average molecular weight is 167 g/mol. The molecule has 0 bridgehead atoms. The summed E-state index contributed by atoms with van der Waals surface area (Å²) in [4.78, 5) is 0.